The van der Waals surface area contributed by atoms with Crippen molar-refractivity contribution < 1.29 is 4.74 Å². The second-order valence-electron chi connectivity index (χ2n) is 3.98. The standard InChI is InChI=1S/C11H17N3O/c1-12-11(4-9-2-3-15-7-9)10-5-13-8-14-6-10/h5-6,8-9,11-12H,2-4,7H2,1H3. The van der Waals surface area contributed by atoms with Gasteiger partial charge in [0, 0.05) is 37.2 Å². The molecule has 1 aromatic rings. The third-order valence-electron chi connectivity index (χ3n) is 2.92. The van der Waals surface area contributed by atoms with Gasteiger partial charge in [0.15, 0.2) is 0 Å². The molecule has 0 spiro atoms. The Bertz CT molecular complexity index is 285. The van der Waals surface area contributed by atoms with Gasteiger partial charge in [-0.05, 0) is 25.8 Å². The van der Waals surface area contributed by atoms with Crippen LogP contribution in [0.5, 0.6) is 0 Å². The molecule has 2 rings (SSSR count). The molecule has 1 N–H and O–H groups in total. The van der Waals surface area contributed by atoms with Crippen LogP contribution in [0.15, 0.2) is 18.7 Å². The molecule has 0 aliphatic carbocycles. The van der Waals surface area contributed by atoms with E-state index < -0.39 is 0 Å². The first-order valence-electron chi connectivity index (χ1n) is 5.40. The second kappa shape index (κ2) is 5.19. The van der Waals surface area contributed by atoms with Crippen LogP contribution < -0.4 is 5.32 Å². The lowest BCUT2D eigenvalue weighted by Crippen LogP contribution is -2.20. The Morgan fingerprint density at radius 1 is 1.53 bits per heavy atom. The molecule has 0 radical (unpaired) electrons. The van der Waals surface area contributed by atoms with Gasteiger partial charge in [0.25, 0.3) is 0 Å². The molecule has 0 saturated carbocycles. The van der Waals surface area contributed by atoms with E-state index in [9.17, 15) is 0 Å². The Balaban J connectivity index is 1.97. The molecule has 2 unspecified atom stereocenters. The van der Waals surface area contributed by atoms with E-state index in [1.54, 1.807) is 6.33 Å². The van der Waals surface area contributed by atoms with Crippen molar-refractivity contribution in [3.8, 4) is 0 Å². The van der Waals surface area contributed by atoms with Crippen molar-refractivity contribution in [3.63, 3.8) is 0 Å². The van der Waals surface area contributed by atoms with Crippen molar-refractivity contribution >= 4 is 0 Å². The molecule has 2 atom stereocenters. The molecular formula is C11H17N3O. The maximum Gasteiger partial charge on any atom is 0.115 e. The van der Waals surface area contributed by atoms with Gasteiger partial charge < -0.3 is 10.1 Å². The molecule has 0 bridgehead atoms. The van der Waals surface area contributed by atoms with Crippen LogP contribution in [0, 0.1) is 5.92 Å². The highest BCUT2D eigenvalue weighted by molar-refractivity contribution is 5.09. The van der Waals surface area contributed by atoms with E-state index in [1.165, 1.54) is 6.42 Å². The van der Waals surface area contributed by atoms with Crippen LogP contribution in [0.1, 0.15) is 24.4 Å². The van der Waals surface area contributed by atoms with E-state index in [1.807, 2.05) is 19.4 Å². The largest absolute Gasteiger partial charge is 0.381 e. The van der Waals surface area contributed by atoms with Gasteiger partial charge in [-0.2, -0.15) is 0 Å². The van der Waals surface area contributed by atoms with Crippen molar-refractivity contribution in [3.05, 3.63) is 24.3 Å². The third kappa shape index (κ3) is 2.73. The van der Waals surface area contributed by atoms with Crippen molar-refractivity contribution in [2.45, 2.75) is 18.9 Å². The average molecular weight is 207 g/mol. The molecule has 1 aromatic heterocycles. The summed E-state index contributed by atoms with van der Waals surface area (Å²) in [6.45, 7) is 1.80. The molecule has 2 heterocycles. The number of hydrogen-bond acceptors (Lipinski definition) is 4. The Hall–Kier alpha value is -1.00. The minimum absolute atomic E-state index is 0.345. The summed E-state index contributed by atoms with van der Waals surface area (Å²) in [7, 11) is 1.98. The first-order valence-corrected chi connectivity index (χ1v) is 5.40. The van der Waals surface area contributed by atoms with Crippen LogP contribution >= 0.6 is 0 Å². The summed E-state index contributed by atoms with van der Waals surface area (Å²) in [5.41, 5.74) is 1.16. The molecule has 82 valence electrons. The summed E-state index contributed by atoms with van der Waals surface area (Å²) < 4.78 is 5.38. The molecule has 0 aromatic carbocycles. The molecule has 4 nitrogen and oxygen atoms in total. The number of hydrogen-bond donors (Lipinski definition) is 1. The summed E-state index contributed by atoms with van der Waals surface area (Å²) >= 11 is 0. The maximum absolute atomic E-state index is 5.38. The Kier molecular flexibility index (Phi) is 3.64. The molecule has 1 aliphatic heterocycles. The maximum atomic E-state index is 5.38. The zero-order chi connectivity index (χ0) is 10.5. The Morgan fingerprint density at radius 2 is 2.33 bits per heavy atom. The summed E-state index contributed by atoms with van der Waals surface area (Å²) in [5.74, 6) is 0.669. The summed E-state index contributed by atoms with van der Waals surface area (Å²) in [6, 6.07) is 0.345. The van der Waals surface area contributed by atoms with Crippen molar-refractivity contribution in [1.82, 2.24) is 15.3 Å². The second-order valence-corrected chi connectivity index (χ2v) is 3.98. The summed E-state index contributed by atoms with van der Waals surface area (Å²) in [4.78, 5) is 8.09. The van der Waals surface area contributed by atoms with Gasteiger partial charge in [-0.1, -0.05) is 0 Å². The molecular weight excluding hydrogens is 190 g/mol. The first kappa shape index (κ1) is 10.5. The van der Waals surface area contributed by atoms with Gasteiger partial charge in [0.1, 0.15) is 6.33 Å². The van der Waals surface area contributed by atoms with E-state index in [0.29, 0.717) is 12.0 Å². The SMILES string of the molecule is CNC(CC1CCOC1)c1cncnc1. The fourth-order valence-corrected chi connectivity index (χ4v) is 2.01. The van der Waals surface area contributed by atoms with Crippen LogP contribution in [0.3, 0.4) is 0 Å². The quantitative estimate of drug-likeness (QED) is 0.805. The van der Waals surface area contributed by atoms with Crippen LogP contribution in [-0.4, -0.2) is 30.2 Å². The summed E-state index contributed by atoms with van der Waals surface area (Å²) in [5, 5.41) is 3.31. The Morgan fingerprint density at radius 3 is 2.93 bits per heavy atom. The van der Waals surface area contributed by atoms with Gasteiger partial charge in [0.2, 0.25) is 0 Å². The first-order chi connectivity index (χ1) is 7.40. The minimum atomic E-state index is 0.345. The molecule has 1 saturated heterocycles. The molecule has 1 fully saturated rings. The zero-order valence-corrected chi connectivity index (χ0v) is 9.02. The molecule has 4 heteroatoms. The van der Waals surface area contributed by atoms with Gasteiger partial charge in [-0.3, -0.25) is 0 Å². The van der Waals surface area contributed by atoms with E-state index in [0.717, 1.165) is 25.2 Å². The number of nitrogens with zero attached hydrogens (tertiary/aromatic N) is 2. The smallest absolute Gasteiger partial charge is 0.115 e. The van der Waals surface area contributed by atoms with Crippen molar-refractivity contribution in [1.29, 1.82) is 0 Å². The van der Waals surface area contributed by atoms with E-state index >= 15 is 0 Å². The predicted molar refractivity (Wildman–Crippen MR) is 57.4 cm³/mol. The number of aromatic nitrogens is 2. The highest BCUT2D eigenvalue weighted by Crippen LogP contribution is 2.25. The van der Waals surface area contributed by atoms with Gasteiger partial charge >= 0.3 is 0 Å². The molecule has 0 amide bonds. The van der Waals surface area contributed by atoms with Crippen molar-refractivity contribution in [2.24, 2.45) is 5.92 Å². The highest BCUT2D eigenvalue weighted by atomic mass is 16.5. The lowest BCUT2D eigenvalue weighted by molar-refractivity contribution is 0.181. The molecule has 1 aliphatic rings. The van der Waals surface area contributed by atoms with Crippen LogP contribution in [0.2, 0.25) is 0 Å². The fraction of sp³-hybridized carbons (Fsp3) is 0.636. The summed E-state index contributed by atoms with van der Waals surface area (Å²) in [6.07, 6.45) is 7.60. The van der Waals surface area contributed by atoms with E-state index in [2.05, 4.69) is 15.3 Å². The van der Waals surface area contributed by atoms with Gasteiger partial charge in [-0.15, -0.1) is 0 Å². The normalized spacial score (nSPS) is 22.9. The fourth-order valence-electron chi connectivity index (χ4n) is 2.01. The Labute approximate surface area is 90.1 Å². The predicted octanol–water partition coefficient (Wildman–Crippen LogP) is 1.16. The average Bonchev–Trinajstić information content (AvgIpc) is 2.80. The third-order valence-corrected chi connectivity index (χ3v) is 2.92. The van der Waals surface area contributed by atoms with Gasteiger partial charge in [0.05, 0.1) is 0 Å². The number of rotatable bonds is 4. The van der Waals surface area contributed by atoms with Crippen LogP contribution in [0.4, 0.5) is 0 Å². The minimum Gasteiger partial charge on any atom is -0.381 e. The van der Waals surface area contributed by atoms with Crippen LogP contribution in [0.25, 0.3) is 0 Å². The number of ether oxygens (including phenoxy) is 1. The lowest BCUT2D eigenvalue weighted by atomic mass is 9.96. The van der Waals surface area contributed by atoms with Gasteiger partial charge in [-0.25, -0.2) is 9.97 Å². The van der Waals surface area contributed by atoms with Crippen molar-refractivity contribution in [2.75, 3.05) is 20.3 Å². The number of nitrogens with one attached hydrogen (secondary N) is 1. The van der Waals surface area contributed by atoms with Crippen LogP contribution in [-0.2, 0) is 4.74 Å². The monoisotopic (exact) mass is 207 g/mol. The lowest BCUT2D eigenvalue weighted by Gasteiger charge is -2.18. The topological polar surface area (TPSA) is 47.0 Å². The van der Waals surface area contributed by atoms with E-state index in [4.69, 9.17) is 4.74 Å². The molecule has 15 heavy (non-hydrogen) atoms. The van der Waals surface area contributed by atoms with E-state index in [-0.39, 0.29) is 0 Å². The highest BCUT2D eigenvalue weighted by Gasteiger charge is 2.20. The zero-order valence-electron chi connectivity index (χ0n) is 9.02.